The molecule has 2 bridgehead atoms. The molecule has 3 nitrogen and oxygen atoms in total. The summed E-state index contributed by atoms with van der Waals surface area (Å²) in [5, 5.41) is 0. The third-order valence-corrected chi connectivity index (χ3v) is 6.43. The van der Waals surface area contributed by atoms with Crippen LogP contribution in [0.3, 0.4) is 0 Å². The van der Waals surface area contributed by atoms with E-state index < -0.39 is 0 Å². The van der Waals surface area contributed by atoms with E-state index in [1.165, 1.54) is 11.3 Å². The zero-order chi connectivity index (χ0) is 14.3. The van der Waals surface area contributed by atoms with Gasteiger partial charge in [-0.1, -0.05) is 24.3 Å². The number of para-hydroxylation sites is 1. The number of hydrogen-bond donors (Lipinski definition) is 0. The van der Waals surface area contributed by atoms with E-state index >= 15 is 0 Å². The van der Waals surface area contributed by atoms with Gasteiger partial charge in [-0.3, -0.25) is 9.59 Å². The molecule has 2 saturated carbocycles. The maximum Gasteiger partial charge on any atom is 0.238 e. The maximum atomic E-state index is 12.9. The molecule has 1 saturated heterocycles. The van der Waals surface area contributed by atoms with Gasteiger partial charge in [-0.2, -0.15) is 0 Å². The van der Waals surface area contributed by atoms with Gasteiger partial charge in [0.05, 0.1) is 17.5 Å². The van der Waals surface area contributed by atoms with Crippen molar-refractivity contribution in [1.82, 2.24) is 0 Å². The number of halogens is 1. The van der Waals surface area contributed by atoms with Crippen molar-refractivity contribution < 1.29 is 9.59 Å². The lowest BCUT2D eigenvalue weighted by atomic mass is 9.63. The van der Waals surface area contributed by atoms with Gasteiger partial charge in [0, 0.05) is 4.47 Å². The number of carbonyl (C=O) groups is 2. The lowest BCUT2D eigenvalue weighted by Crippen LogP contribution is -2.40. The van der Waals surface area contributed by atoms with Crippen LogP contribution in [0.4, 0.5) is 5.69 Å². The van der Waals surface area contributed by atoms with Crippen molar-refractivity contribution in [1.29, 1.82) is 0 Å². The molecule has 5 aliphatic rings. The average molecular weight is 344 g/mol. The summed E-state index contributed by atoms with van der Waals surface area (Å²) in [4.78, 5) is 27.2. The van der Waals surface area contributed by atoms with Crippen molar-refractivity contribution in [2.45, 2.75) is 6.42 Å². The Bertz CT molecular complexity index is 676. The Kier molecular flexibility index (Phi) is 2.23. The van der Waals surface area contributed by atoms with Crippen molar-refractivity contribution in [2.24, 2.45) is 35.5 Å². The van der Waals surface area contributed by atoms with Crippen molar-refractivity contribution in [3.05, 3.63) is 40.9 Å². The van der Waals surface area contributed by atoms with E-state index in [0.717, 1.165) is 4.47 Å². The minimum atomic E-state index is -0.122. The van der Waals surface area contributed by atoms with E-state index in [1.807, 2.05) is 24.3 Å². The molecular weight excluding hydrogens is 330 g/mol. The maximum absolute atomic E-state index is 12.9. The fraction of sp³-hybridized carbons (Fsp3) is 0.412. The molecule has 106 valence electrons. The number of benzene rings is 1. The monoisotopic (exact) mass is 343 g/mol. The summed E-state index contributed by atoms with van der Waals surface area (Å²) >= 11 is 3.47. The summed E-state index contributed by atoms with van der Waals surface area (Å²) in [5.41, 5.74) is 0.690. The Balaban J connectivity index is 1.62. The largest absolute Gasteiger partial charge is 0.274 e. The molecule has 4 aliphatic carbocycles. The van der Waals surface area contributed by atoms with Crippen molar-refractivity contribution in [3.63, 3.8) is 0 Å². The number of hydrogen-bond acceptors (Lipinski definition) is 2. The Morgan fingerprint density at radius 2 is 1.52 bits per heavy atom. The average Bonchev–Trinajstić information content (AvgIpc) is 3.26. The van der Waals surface area contributed by atoms with Crippen LogP contribution in [-0.4, -0.2) is 11.8 Å². The van der Waals surface area contributed by atoms with Gasteiger partial charge < -0.3 is 0 Å². The number of anilines is 1. The van der Waals surface area contributed by atoms with Gasteiger partial charge >= 0.3 is 0 Å². The molecule has 0 radical (unpaired) electrons. The molecule has 0 N–H and O–H groups in total. The number of carbonyl (C=O) groups excluding carboxylic acids is 2. The van der Waals surface area contributed by atoms with Gasteiger partial charge in [0.15, 0.2) is 0 Å². The van der Waals surface area contributed by atoms with E-state index in [1.54, 1.807) is 0 Å². The van der Waals surface area contributed by atoms with E-state index in [9.17, 15) is 9.59 Å². The molecule has 4 heteroatoms. The first-order valence-corrected chi connectivity index (χ1v) is 8.28. The Morgan fingerprint density at radius 3 is 2.10 bits per heavy atom. The molecule has 1 aliphatic heterocycles. The third kappa shape index (κ3) is 1.39. The van der Waals surface area contributed by atoms with E-state index in [4.69, 9.17) is 0 Å². The summed E-state index contributed by atoms with van der Waals surface area (Å²) in [7, 11) is 0. The highest BCUT2D eigenvalue weighted by Gasteiger charge is 2.67. The van der Waals surface area contributed by atoms with Gasteiger partial charge in [-0.25, -0.2) is 4.90 Å². The molecule has 6 atom stereocenters. The van der Waals surface area contributed by atoms with Crippen molar-refractivity contribution in [3.8, 4) is 0 Å². The smallest absolute Gasteiger partial charge is 0.238 e. The highest BCUT2D eigenvalue weighted by Crippen LogP contribution is 2.65. The number of amides is 2. The topological polar surface area (TPSA) is 37.4 Å². The van der Waals surface area contributed by atoms with Crippen LogP contribution in [0, 0.1) is 35.5 Å². The van der Waals surface area contributed by atoms with Crippen LogP contribution < -0.4 is 4.90 Å². The summed E-state index contributed by atoms with van der Waals surface area (Å²) in [6.45, 7) is 0. The van der Waals surface area contributed by atoms with E-state index in [0.29, 0.717) is 17.5 Å². The van der Waals surface area contributed by atoms with Crippen LogP contribution >= 0.6 is 15.9 Å². The van der Waals surface area contributed by atoms with E-state index in [2.05, 4.69) is 28.1 Å². The summed E-state index contributed by atoms with van der Waals surface area (Å²) in [6.07, 6.45) is 5.61. The fourth-order valence-corrected chi connectivity index (χ4v) is 5.29. The molecule has 0 aromatic heterocycles. The third-order valence-electron chi connectivity index (χ3n) is 5.76. The molecular formula is C17H14BrNO2. The molecule has 0 spiro atoms. The SMILES string of the molecule is O=C1[C@H]2[C@@H]3C=C[C@H]([C@@H]4C[C@H]34)[C@@H]2C(=O)N1c1ccccc1Br. The minimum Gasteiger partial charge on any atom is -0.274 e. The molecule has 21 heavy (non-hydrogen) atoms. The van der Waals surface area contributed by atoms with Crippen molar-refractivity contribution in [2.75, 3.05) is 4.90 Å². The van der Waals surface area contributed by atoms with Crippen LogP contribution in [0.1, 0.15) is 6.42 Å². The summed E-state index contributed by atoms with van der Waals surface area (Å²) in [6, 6.07) is 7.48. The van der Waals surface area contributed by atoms with Crippen LogP contribution in [0.15, 0.2) is 40.9 Å². The zero-order valence-electron chi connectivity index (χ0n) is 11.3. The molecule has 1 aromatic carbocycles. The second kappa shape index (κ2) is 3.86. The summed E-state index contributed by atoms with van der Waals surface area (Å²) < 4.78 is 0.802. The predicted molar refractivity (Wildman–Crippen MR) is 81.3 cm³/mol. The lowest BCUT2D eigenvalue weighted by molar-refractivity contribution is -0.124. The summed E-state index contributed by atoms with van der Waals surface area (Å²) in [5.74, 6) is 1.63. The molecule has 1 heterocycles. The first-order chi connectivity index (χ1) is 10.2. The second-order valence-electron chi connectivity index (χ2n) is 6.62. The Morgan fingerprint density at radius 1 is 0.952 bits per heavy atom. The van der Waals surface area contributed by atoms with Gasteiger partial charge in [0.2, 0.25) is 11.8 Å². The minimum absolute atomic E-state index is 0.00148. The first-order valence-electron chi connectivity index (χ1n) is 7.49. The van der Waals surface area contributed by atoms with Gasteiger partial charge in [0.25, 0.3) is 0 Å². The highest BCUT2D eigenvalue weighted by atomic mass is 79.9. The first kappa shape index (κ1) is 12.2. The van der Waals surface area contributed by atoms with Crippen LogP contribution in [0.2, 0.25) is 0 Å². The van der Waals surface area contributed by atoms with E-state index in [-0.39, 0.29) is 35.5 Å². The lowest BCUT2D eigenvalue weighted by Gasteiger charge is -2.37. The van der Waals surface area contributed by atoms with Crippen LogP contribution in [-0.2, 0) is 9.59 Å². The van der Waals surface area contributed by atoms with Crippen LogP contribution in [0.5, 0.6) is 0 Å². The Labute approximate surface area is 131 Å². The van der Waals surface area contributed by atoms with Crippen molar-refractivity contribution >= 4 is 33.4 Å². The molecule has 3 fully saturated rings. The van der Waals surface area contributed by atoms with Gasteiger partial charge in [0.1, 0.15) is 0 Å². The Hall–Kier alpha value is -1.42. The molecule has 2 amide bonds. The number of imide groups is 1. The number of nitrogens with zero attached hydrogens (tertiary/aromatic N) is 1. The second-order valence-corrected chi connectivity index (χ2v) is 7.47. The highest BCUT2D eigenvalue weighted by molar-refractivity contribution is 9.10. The molecule has 6 rings (SSSR count). The van der Waals surface area contributed by atoms with Crippen LogP contribution in [0.25, 0.3) is 0 Å². The number of allylic oxidation sites excluding steroid dienone is 2. The number of rotatable bonds is 1. The fourth-order valence-electron chi connectivity index (χ4n) is 4.83. The van der Waals surface area contributed by atoms with Gasteiger partial charge in [-0.05, 0) is 58.2 Å². The molecule has 0 unspecified atom stereocenters. The van der Waals surface area contributed by atoms with Gasteiger partial charge in [-0.15, -0.1) is 0 Å². The normalized spacial score (nSPS) is 42.2. The molecule has 1 aromatic rings. The predicted octanol–water partition coefficient (Wildman–Crippen LogP) is 3.01. The standard InChI is InChI=1S/C17H14BrNO2/c18-12-3-1-2-4-13(12)19-16(20)14-8-5-6-9(11-7-10(8)11)15(14)17(19)21/h1-6,8-11,14-15H,7H2/t8-,9-,10-,11+,14+,15+/m1/s1. The zero-order valence-corrected chi connectivity index (χ0v) is 12.9. The quantitative estimate of drug-likeness (QED) is 0.580.